The number of anilines is 1. The molecule has 1 aliphatic heterocycles. The number of aryl methyl sites for hydroxylation is 1. The smallest absolute Gasteiger partial charge is 0.230 e. The largest absolute Gasteiger partial charge is 0.493 e. The second-order valence-electron chi connectivity index (χ2n) is 7.09. The average Bonchev–Trinajstić information content (AvgIpc) is 2.71. The molecule has 6 nitrogen and oxygen atoms in total. The number of nitrogens with zero attached hydrogens (tertiary/aromatic N) is 1. The SMILES string of the molecule is COc1ccc(CCCN(C)C(=O)[C@H]2CC(=O)Nc3cc(F)ccc32)cc1OC. The zero-order valence-electron chi connectivity index (χ0n) is 16.8. The molecular weight excluding hydrogens is 375 g/mol. The Morgan fingerprint density at radius 1 is 1.17 bits per heavy atom. The highest BCUT2D eigenvalue weighted by Crippen LogP contribution is 2.34. The van der Waals surface area contributed by atoms with Crippen molar-refractivity contribution in [3.63, 3.8) is 0 Å². The molecule has 2 aromatic carbocycles. The van der Waals surface area contributed by atoms with Crippen LogP contribution in [-0.2, 0) is 16.0 Å². The van der Waals surface area contributed by atoms with Gasteiger partial charge in [-0.05, 0) is 48.2 Å². The van der Waals surface area contributed by atoms with E-state index in [4.69, 9.17) is 9.47 Å². The summed E-state index contributed by atoms with van der Waals surface area (Å²) < 4.78 is 24.0. The van der Waals surface area contributed by atoms with Gasteiger partial charge in [0.2, 0.25) is 11.8 Å². The highest BCUT2D eigenvalue weighted by Gasteiger charge is 2.32. The number of halogens is 1. The van der Waals surface area contributed by atoms with Crippen molar-refractivity contribution in [2.45, 2.75) is 25.2 Å². The van der Waals surface area contributed by atoms with Crippen molar-refractivity contribution in [1.82, 2.24) is 4.90 Å². The molecule has 0 fully saturated rings. The number of benzene rings is 2. The molecule has 29 heavy (non-hydrogen) atoms. The molecule has 2 amide bonds. The number of methoxy groups -OCH3 is 2. The van der Waals surface area contributed by atoms with Crippen LogP contribution in [0.2, 0.25) is 0 Å². The van der Waals surface area contributed by atoms with Gasteiger partial charge in [-0.3, -0.25) is 9.59 Å². The third kappa shape index (κ3) is 4.67. The average molecular weight is 400 g/mol. The molecule has 0 bridgehead atoms. The van der Waals surface area contributed by atoms with Crippen LogP contribution in [0.3, 0.4) is 0 Å². The summed E-state index contributed by atoms with van der Waals surface area (Å²) in [6, 6.07) is 9.90. The maximum Gasteiger partial charge on any atom is 0.230 e. The fraction of sp³-hybridized carbons (Fsp3) is 0.364. The van der Waals surface area contributed by atoms with Crippen LogP contribution in [0.15, 0.2) is 36.4 Å². The first kappa shape index (κ1) is 20.6. The third-order valence-corrected chi connectivity index (χ3v) is 5.14. The number of likely N-dealkylation sites (N-methyl/N-ethyl adjacent to an activating group) is 1. The van der Waals surface area contributed by atoms with E-state index in [9.17, 15) is 14.0 Å². The summed E-state index contributed by atoms with van der Waals surface area (Å²) in [5, 5.41) is 2.64. The third-order valence-electron chi connectivity index (χ3n) is 5.14. The van der Waals surface area contributed by atoms with Gasteiger partial charge in [0.05, 0.1) is 20.1 Å². The molecule has 1 heterocycles. The number of fused-ring (bicyclic) bond motifs is 1. The lowest BCUT2D eigenvalue weighted by Gasteiger charge is -2.28. The number of ether oxygens (including phenoxy) is 2. The van der Waals surface area contributed by atoms with Crippen LogP contribution in [0.25, 0.3) is 0 Å². The molecule has 0 spiro atoms. The molecule has 0 unspecified atom stereocenters. The molecule has 3 rings (SSSR count). The monoisotopic (exact) mass is 400 g/mol. The minimum absolute atomic E-state index is 0.0669. The normalized spacial score (nSPS) is 15.3. The van der Waals surface area contributed by atoms with Crippen molar-refractivity contribution in [2.75, 3.05) is 33.1 Å². The molecule has 0 aliphatic carbocycles. The predicted molar refractivity (Wildman–Crippen MR) is 108 cm³/mol. The van der Waals surface area contributed by atoms with Gasteiger partial charge in [-0.25, -0.2) is 4.39 Å². The fourth-order valence-corrected chi connectivity index (χ4v) is 3.59. The van der Waals surface area contributed by atoms with E-state index in [-0.39, 0.29) is 18.2 Å². The standard InChI is InChI=1S/C22H25FN2O4/c1-25(10-4-5-14-6-9-19(28-2)20(11-14)29-3)22(27)17-13-21(26)24-18-12-15(23)7-8-16(17)18/h6-9,11-12,17H,4-5,10,13H2,1-3H3,(H,24,26)/t17-/m0/s1. The summed E-state index contributed by atoms with van der Waals surface area (Å²) in [6.07, 6.45) is 1.59. The van der Waals surface area contributed by atoms with Crippen molar-refractivity contribution in [3.8, 4) is 11.5 Å². The van der Waals surface area contributed by atoms with E-state index >= 15 is 0 Å². The number of carbonyl (C=O) groups excluding carboxylic acids is 2. The zero-order valence-corrected chi connectivity index (χ0v) is 16.8. The van der Waals surface area contributed by atoms with E-state index in [0.717, 1.165) is 18.4 Å². The van der Waals surface area contributed by atoms with Gasteiger partial charge in [0.15, 0.2) is 11.5 Å². The highest BCUT2D eigenvalue weighted by molar-refractivity contribution is 6.01. The highest BCUT2D eigenvalue weighted by atomic mass is 19.1. The minimum atomic E-state index is -0.592. The molecule has 0 aromatic heterocycles. The summed E-state index contributed by atoms with van der Waals surface area (Å²) in [6.45, 7) is 0.543. The Morgan fingerprint density at radius 3 is 2.66 bits per heavy atom. The van der Waals surface area contributed by atoms with Crippen LogP contribution in [0.1, 0.15) is 29.9 Å². The molecule has 2 aromatic rings. The summed E-state index contributed by atoms with van der Waals surface area (Å²) in [5.74, 6) is -0.105. The Morgan fingerprint density at radius 2 is 1.93 bits per heavy atom. The molecule has 1 atom stereocenters. The Labute approximate surface area is 169 Å². The summed E-state index contributed by atoms with van der Waals surface area (Å²) in [7, 11) is 4.92. The van der Waals surface area contributed by atoms with Crippen LogP contribution in [0, 0.1) is 5.82 Å². The van der Waals surface area contributed by atoms with Gasteiger partial charge in [0.25, 0.3) is 0 Å². The Hall–Kier alpha value is -3.09. The lowest BCUT2D eigenvalue weighted by Crippen LogP contribution is -2.37. The molecule has 1 N–H and O–H groups in total. The minimum Gasteiger partial charge on any atom is -0.493 e. The first-order valence-corrected chi connectivity index (χ1v) is 9.48. The van der Waals surface area contributed by atoms with Gasteiger partial charge in [0, 0.05) is 25.7 Å². The number of hydrogen-bond donors (Lipinski definition) is 1. The second kappa shape index (κ2) is 8.94. The van der Waals surface area contributed by atoms with Gasteiger partial charge >= 0.3 is 0 Å². The van der Waals surface area contributed by atoms with Crippen LogP contribution < -0.4 is 14.8 Å². The van der Waals surface area contributed by atoms with Gasteiger partial charge in [-0.2, -0.15) is 0 Å². The lowest BCUT2D eigenvalue weighted by molar-refractivity contribution is -0.133. The summed E-state index contributed by atoms with van der Waals surface area (Å²) >= 11 is 0. The van der Waals surface area contributed by atoms with Crippen molar-refractivity contribution in [2.24, 2.45) is 0 Å². The molecule has 0 saturated carbocycles. The lowest BCUT2D eigenvalue weighted by atomic mass is 9.89. The van der Waals surface area contributed by atoms with Crippen molar-refractivity contribution < 1.29 is 23.5 Å². The van der Waals surface area contributed by atoms with Gasteiger partial charge in [-0.15, -0.1) is 0 Å². The fourth-order valence-electron chi connectivity index (χ4n) is 3.59. The van der Waals surface area contributed by atoms with Crippen LogP contribution in [-0.4, -0.2) is 44.5 Å². The predicted octanol–water partition coefficient (Wildman–Crippen LogP) is 3.36. The van der Waals surface area contributed by atoms with Gasteiger partial charge < -0.3 is 19.7 Å². The number of amides is 2. The second-order valence-corrected chi connectivity index (χ2v) is 7.09. The maximum atomic E-state index is 13.5. The topological polar surface area (TPSA) is 67.9 Å². The number of rotatable bonds is 7. The van der Waals surface area contributed by atoms with Crippen LogP contribution in [0.5, 0.6) is 11.5 Å². The number of hydrogen-bond acceptors (Lipinski definition) is 4. The Bertz CT molecular complexity index is 916. The van der Waals surface area contributed by atoms with Crippen LogP contribution in [0.4, 0.5) is 10.1 Å². The molecule has 7 heteroatoms. The van der Waals surface area contributed by atoms with E-state index in [2.05, 4.69) is 5.32 Å². The van der Waals surface area contributed by atoms with E-state index in [1.54, 1.807) is 32.2 Å². The van der Waals surface area contributed by atoms with Gasteiger partial charge in [-0.1, -0.05) is 12.1 Å². The Kier molecular flexibility index (Phi) is 6.36. The molecule has 0 saturated heterocycles. The van der Waals surface area contributed by atoms with Crippen molar-refractivity contribution in [3.05, 3.63) is 53.3 Å². The van der Waals surface area contributed by atoms with E-state index in [1.165, 1.54) is 12.1 Å². The maximum absolute atomic E-state index is 13.5. The van der Waals surface area contributed by atoms with E-state index in [1.807, 2.05) is 18.2 Å². The molecule has 1 aliphatic rings. The number of nitrogens with one attached hydrogen (secondary N) is 1. The van der Waals surface area contributed by atoms with Crippen LogP contribution >= 0.6 is 0 Å². The van der Waals surface area contributed by atoms with E-state index in [0.29, 0.717) is 29.3 Å². The number of carbonyl (C=O) groups is 2. The quantitative estimate of drug-likeness (QED) is 0.774. The summed E-state index contributed by atoms with van der Waals surface area (Å²) in [4.78, 5) is 26.5. The van der Waals surface area contributed by atoms with Crippen molar-refractivity contribution >= 4 is 17.5 Å². The van der Waals surface area contributed by atoms with Crippen molar-refractivity contribution in [1.29, 1.82) is 0 Å². The Balaban J connectivity index is 1.62. The zero-order chi connectivity index (χ0) is 21.0. The molecular formula is C22H25FN2O4. The first-order chi connectivity index (χ1) is 13.9. The molecule has 0 radical (unpaired) electrons. The first-order valence-electron chi connectivity index (χ1n) is 9.48. The van der Waals surface area contributed by atoms with E-state index < -0.39 is 11.7 Å². The summed E-state index contributed by atoms with van der Waals surface area (Å²) in [5.41, 5.74) is 2.11. The van der Waals surface area contributed by atoms with Gasteiger partial charge in [0.1, 0.15) is 5.82 Å². The molecule has 154 valence electrons.